The molecule has 4 nitrogen and oxygen atoms in total. The van der Waals surface area contributed by atoms with Gasteiger partial charge in [-0.1, -0.05) is 19.9 Å². The molecule has 0 amide bonds. The van der Waals surface area contributed by atoms with E-state index in [0.29, 0.717) is 6.61 Å². The van der Waals surface area contributed by atoms with Crippen LogP contribution in [0, 0.1) is 0 Å². The summed E-state index contributed by atoms with van der Waals surface area (Å²) in [7, 11) is 3.75. The molecule has 0 atom stereocenters. The van der Waals surface area contributed by atoms with E-state index in [-0.39, 0.29) is 0 Å². The molecule has 1 N–H and O–H groups in total. The van der Waals surface area contributed by atoms with Crippen molar-refractivity contribution >= 4 is 0 Å². The van der Waals surface area contributed by atoms with Gasteiger partial charge in [0.15, 0.2) is 11.5 Å². The van der Waals surface area contributed by atoms with E-state index in [4.69, 9.17) is 9.47 Å². The smallest absolute Gasteiger partial charge is 0.157 e. The van der Waals surface area contributed by atoms with Crippen LogP contribution < -0.4 is 10.1 Å². The second-order valence-electron chi connectivity index (χ2n) is 4.33. The summed E-state index contributed by atoms with van der Waals surface area (Å²) >= 11 is 0. The molecule has 0 radical (unpaired) electrons. The molecule has 1 aromatic heterocycles. The minimum Gasteiger partial charge on any atom is -0.485 e. The topological polar surface area (TPSA) is 43.4 Å². The lowest BCUT2D eigenvalue weighted by Gasteiger charge is -2.08. The Kier molecular flexibility index (Phi) is 7.43. The monoisotopic (exact) mass is 276 g/mol. The van der Waals surface area contributed by atoms with E-state index >= 15 is 0 Å². The molecular weight excluding hydrogens is 252 g/mol. The Morgan fingerprint density at radius 2 is 2.10 bits per heavy atom. The zero-order valence-electron chi connectivity index (χ0n) is 12.8. The predicted molar refractivity (Wildman–Crippen MR) is 81.4 cm³/mol. The Morgan fingerprint density at radius 3 is 2.75 bits per heavy atom. The normalized spacial score (nSPS) is 13.8. The largest absolute Gasteiger partial charge is 0.485 e. The minimum atomic E-state index is 0.532. The van der Waals surface area contributed by atoms with Crippen LogP contribution in [0.25, 0.3) is 0 Å². The standard InChI is InChI=1S/C14H17NO2.C2H7N/c1-3-5-6-13-12(4-2)17-14-9-15-8-7-11(14)10-16-13;1-3-2/h5-9H,3-4,10H2,1-2H3;3H,1-2H3/b6-5-;. The fraction of sp³-hybridized carbons (Fsp3) is 0.438. The minimum absolute atomic E-state index is 0.532. The molecular formula is C16H24N2O2. The fourth-order valence-corrected chi connectivity index (χ4v) is 1.65. The molecule has 0 saturated carbocycles. The number of rotatable bonds is 3. The van der Waals surface area contributed by atoms with Crippen LogP contribution in [0.4, 0.5) is 0 Å². The first-order valence-corrected chi connectivity index (χ1v) is 6.98. The Morgan fingerprint density at radius 1 is 1.35 bits per heavy atom. The van der Waals surface area contributed by atoms with Gasteiger partial charge in [-0.2, -0.15) is 0 Å². The van der Waals surface area contributed by atoms with Crippen molar-refractivity contribution in [3.05, 3.63) is 47.7 Å². The highest BCUT2D eigenvalue weighted by Crippen LogP contribution is 2.28. The van der Waals surface area contributed by atoms with Gasteiger partial charge in [-0.25, -0.2) is 0 Å². The van der Waals surface area contributed by atoms with Crippen molar-refractivity contribution in [3.63, 3.8) is 0 Å². The lowest BCUT2D eigenvalue weighted by molar-refractivity contribution is 0.205. The number of allylic oxidation sites excluding steroid dienone is 3. The van der Waals surface area contributed by atoms with Gasteiger partial charge in [-0.05, 0) is 32.7 Å². The molecule has 0 bridgehead atoms. The second kappa shape index (κ2) is 9.15. The Hall–Kier alpha value is -1.81. The van der Waals surface area contributed by atoms with Crippen LogP contribution in [0.15, 0.2) is 42.1 Å². The van der Waals surface area contributed by atoms with Gasteiger partial charge in [0.1, 0.15) is 12.4 Å². The molecule has 0 unspecified atom stereocenters. The van der Waals surface area contributed by atoms with Gasteiger partial charge < -0.3 is 14.8 Å². The quantitative estimate of drug-likeness (QED) is 0.918. The number of hydrogen-bond donors (Lipinski definition) is 1. The van der Waals surface area contributed by atoms with Crippen LogP contribution >= 0.6 is 0 Å². The van der Waals surface area contributed by atoms with Crippen molar-refractivity contribution in [2.75, 3.05) is 14.1 Å². The summed E-state index contributed by atoms with van der Waals surface area (Å²) in [6, 6.07) is 1.93. The first-order chi connectivity index (χ1) is 9.76. The van der Waals surface area contributed by atoms with Crippen LogP contribution in [0.3, 0.4) is 0 Å². The van der Waals surface area contributed by atoms with Gasteiger partial charge in [0.25, 0.3) is 0 Å². The first-order valence-electron chi connectivity index (χ1n) is 6.98. The van der Waals surface area contributed by atoms with Crippen LogP contribution in [0.5, 0.6) is 5.75 Å². The van der Waals surface area contributed by atoms with Crippen LogP contribution in [-0.2, 0) is 11.3 Å². The van der Waals surface area contributed by atoms with Crippen LogP contribution in [0.2, 0.25) is 0 Å². The van der Waals surface area contributed by atoms with Gasteiger partial charge in [0.2, 0.25) is 0 Å². The summed E-state index contributed by atoms with van der Waals surface area (Å²) in [5, 5.41) is 2.75. The maximum Gasteiger partial charge on any atom is 0.157 e. The fourth-order valence-electron chi connectivity index (χ4n) is 1.65. The molecule has 0 saturated heterocycles. The molecule has 2 heterocycles. The summed E-state index contributed by atoms with van der Waals surface area (Å²) in [5.41, 5.74) is 1.03. The van der Waals surface area contributed by atoms with E-state index in [1.165, 1.54) is 0 Å². The van der Waals surface area contributed by atoms with E-state index in [0.717, 1.165) is 35.7 Å². The van der Waals surface area contributed by atoms with Gasteiger partial charge in [-0.3, -0.25) is 4.98 Å². The lowest BCUT2D eigenvalue weighted by atomic mass is 10.2. The van der Waals surface area contributed by atoms with Crippen molar-refractivity contribution in [1.82, 2.24) is 10.3 Å². The van der Waals surface area contributed by atoms with E-state index < -0.39 is 0 Å². The highest BCUT2D eigenvalue weighted by Gasteiger charge is 2.15. The molecule has 0 spiro atoms. The molecule has 0 fully saturated rings. The Balaban J connectivity index is 0.000000612. The lowest BCUT2D eigenvalue weighted by Crippen LogP contribution is -1.97. The van der Waals surface area contributed by atoms with Crippen LogP contribution in [-0.4, -0.2) is 19.1 Å². The van der Waals surface area contributed by atoms with Crippen molar-refractivity contribution in [3.8, 4) is 5.75 Å². The first kappa shape index (κ1) is 16.2. The average Bonchev–Trinajstić information content (AvgIpc) is 2.65. The van der Waals surface area contributed by atoms with E-state index in [2.05, 4.69) is 30.2 Å². The third-order valence-electron chi connectivity index (χ3n) is 2.59. The number of aromatic nitrogens is 1. The number of fused-ring (bicyclic) bond motifs is 1. The third-order valence-corrected chi connectivity index (χ3v) is 2.59. The molecule has 0 aliphatic carbocycles. The van der Waals surface area contributed by atoms with Crippen molar-refractivity contribution < 1.29 is 9.47 Å². The summed E-state index contributed by atoms with van der Waals surface area (Å²) in [4.78, 5) is 4.07. The van der Waals surface area contributed by atoms with Crippen LogP contribution in [0.1, 0.15) is 32.3 Å². The summed E-state index contributed by atoms with van der Waals surface area (Å²) < 4.78 is 11.6. The second-order valence-corrected chi connectivity index (χ2v) is 4.33. The Labute approximate surface area is 121 Å². The number of hydrogen-bond acceptors (Lipinski definition) is 4. The number of pyridine rings is 1. The SMILES string of the molecule is CC/C=C\C1=C(CC)Oc2cnccc2CO1.CNC. The van der Waals surface area contributed by atoms with Crippen molar-refractivity contribution in [2.24, 2.45) is 0 Å². The van der Waals surface area contributed by atoms with Gasteiger partial charge in [-0.15, -0.1) is 0 Å². The molecule has 1 aliphatic rings. The van der Waals surface area contributed by atoms with E-state index in [9.17, 15) is 0 Å². The van der Waals surface area contributed by atoms with Gasteiger partial charge >= 0.3 is 0 Å². The number of ether oxygens (including phenoxy) is 2. The molecule has 1 aromatic rings. The summed E-state index contributed by atoms with van der Waals surface area (Å²) in [5.74, 6) is 2.48. The number of nitrogens with one attached hydrogen (secondary N) is 1. The zero-order valence-corrected chi connectivity index (χ0v) is 12.8. The Bertz CT molecular complexity index is 467. The number of nitrogens with zero attached hydrogens (tertiary/aromatic N) is 1. The predicted octanol–water partition coefficient (Wildman–Crippen LogP) is 3.41. The average molecular weight is 276 g/mol. The molecule has 20 heavy (non-hydrogen) atoms. The molecule has 110 valence electrons. The van der Waals surface area contributed by atoms with Gasteiger partial charge in [0, 0.05) is 18.2 Å². The highest BCUT2D eigenvalue weighted by atomic mass is 16.5. The van der Waals surface area contributed by atoms with Crippen molar-refractivity contribution in [2.45, 2.75) is 33.3 Å². The van der Waals surface area contributed by atoms with Gasteiger partial charge in [0.05, 0.1) is 6.20 Å². The molecule has 2 rings (SSSR count). The van der Waals surface area contributed by atoms with Crippen molar-refractivity contribution in [1.29, 1.82) is 0 Å². The molecule has 1 aliphatic heterocycles. The zero-order chi connectivity index (χ0) is 14.8. The summed E-state index contributed by atoms with van der Waals surface area (Å²) in [6.45, 7) is 4.68. The highest BCUT2D eigenvalue weighted by molar-refractivity contribution is 5.34. The third kappa shape index (κ3) is 4.70. The van der Waals surface area contributed by atoms with E-state index in [1.807, 2.05) is 26.2 Å². The maximum absolute atomic E-state index is 5.86. The molecule has 4 heteroatoms. The van der Waals surface area contributed by atoms with E-state index in [1.54, 1.807) is 12.4 Å². The molecule has 0 aromatic carbocycles. The summed E-state index contributed by atoms with van der Waals surface area (Å²) in [6.07, 6.45) is 9.34. The maximum atomic E-state index is 5.86.